The largest absolute Gasteiger partial charge is 0.494 e. The minimum absolute atomic E-state index is 0.782. The van der Waals surface area contributed by atoms with Gasteiger partial charge in [0.2, 0.25) is 0 Å². The number of para-hydroxylation sites is 3. The molecular formula is C23H26N2O. The highest BCUT2D eigenvalue weighted by Crippen LogP contribution is 2.28. The number of aromatic nitrogens is 1. The summed E-state index contributed by atoms with van der Waals surface area (Å²) in [6.07, 6.45) is 2.94. The number of ether oxygens (including phenoxy) is 1. The highest BCUT2D eigenvalue weighted by molar-refractivity contribution is 5.85. The van der Waals surface area contributed by atoms with Crippen LogP contribution in [0.4, 0.5) is 5.69 Å². The molecule has 2 aromatic carbocycles. The Bertz CT molecular complexity index is 951. The number of hydrogen-bond acceptors (Lipinski definition) is 2. The van der Waals surface area contributed by atoms with Gasteiger partial charge in [-0.05, 0) is 56.5 Å². The molecule has 0 radical (unpaired) electrons. The van der Waals surface area contributed by atoms with E-state index in [1.165, 1.54) is 28.2 Å². The number of nitrogens with zero attached hydrogens (tertiary/aromatic N) is 2. The van der Waals surface area contributed by atoms with Gasteiger partial charge >= 0.3 is 0 Å². The van der Waals surface area contributed by atoms with Crippen molar-refractivity contribution in [3.8, 4) is 11.4 Å². The lowest BCUT2D eigenvalue weighted by atomic mass is 10.1. The molecule has 1 heterocycles. The summed E-state index contributed by atoms with van der Waals surface area (Å²) in [4.78, 5) is 4.66. The van der Waals surface area contributed by atoms with Gasteiger partial charge in [0.05, 0.1) is 12.8 Å². The summed E-state index contributed by atoms with van der Waals surface area (Å²) >= 11 is 0. The second-order valence-corrected chi connectivity index (χ2v) is 6.53. The van der Waals surface area contributed by atoms with Gasteiger partial charge in [0.15, 0.2) is 0 Å². The van der Waals surface area contributed by atoms with Crippen molar-refractivity contribution in [3.05, 3.63) is 76.6 Å². The van der Waals surface area contributed by atoms with E-state index in [0.29, 0.717) is 0 Å². The van der Waals surface area contributed by atoms with Gasteiger partial charge in [-0.3, -0.25) is 4.99 Å². The third kappa shape index (κ3) is 3.30. The van der Waals surface area contributed by atoms with Crippen molar-refractivity contribution < 1.29 is 4.74 Å². The minimum Gasteiger partial charge on any atom is -0.494 e. The molecule has 0 N–H and O–H groups in total. The van der Waals surface area contributed by atoms with Crippen molar-refractivity contribution in [2.75, 3.05) is 7.11 Å². The van der Waals surface area contributed by atoms with E-state index in [4.69, 9.17) is 4.74 Å². The van der Waals surface area contributed by atoms with Gasteiger partial charge in [0.1, 0.15) is 11.4 Å². The molecule has 0 aliphatic carbocycles. The van der Waals surface area contributed by atoms with Crippen LogP contribution < -0.4 is 4.74 Å². The molecule has 0 saturated carbocycles. The fourth-order valence-electron chi connectivity index (χ4n) is 3.46. The van der Waals surface area contributed by atoms with Gasteiger partial charge in [0.25, 0.3) is 0 Å². The quantitative estimate of drug-likeness (QED) is 0.542. The van der Waals surface area contributed by atoms with Gasteiger partial charge in [-0.25, -0.2) is 0 Å². The summed E-state index contributed by atoms with van der Waals surface area (Å²) in [5, 5.41) is 0. The molecule has 3 aromatic rings. The molecule has 0 bridgehead atoms. The first-order valence-corrected chi connectivity index (χ1v) is 9.01. The molecular weight excluding hydrogens is 320 g/mol. The topological polar surface area (TPSA) is 26.5 Å². The highest BCUT2D eigenvalue weighted by Gasteiger charge is 2.14. The Morgan fingerprint density at radius 1 is 1.04 bits per heavy atom. The van der Waals surface area contributed by atoms with Crippen LogP contribution in [0.5, 0.6) is 5.75 Å². The Labute approximate surface area is 156 Å². The summed E-state index contributed by atoms with van der Waals surface area (Å²) in [6.45, 7) is 8.69. The zero-order valence-corrected chi connectivity index (χ0v) is 16.2. The second kappa shape index (κ2) is 7.61. The third-order valence-electron chi connectivity index (χ3n) is 4.82. The first-order valence-electron chi connectivity index (χ1n) is 9.01. The zero-order chi connectivity index (χ0) is 18.7. The van der Waals surface area contributed by atoms with Crippen LogP contribution in [0.15, 0.2) is 53.5 Å². The van der Waals surface area contributed by atoms with Crippen molar-refractivity contribution in [1.29, 1.82) is 0 Å². The minimum atomic E-state index is 0.782. The predicted molar refractivity (Wildman–Crippen MR) is 110 cm³/mol. The van der Waals surface area contributed by atoms with E-state index in [2.05, 4.69) is 61.5 Å². The number of rotatable bonds is 5. The molecule has 0 saturated heterocycles. The molecule has 0 fully saturated rings. The van der Waals surface area contributed by atoms with Crippen molar-refractivity contribution in [1.82, 2.24) is 4.57 Å². The Morgan fingerprint density at radius 3 is 2.54 bits per heavy atom. The van der Waals surface area contributed by atoms with Crippen molar-refractivity contribution in [2.45, 2.75) is 34.1 Å². The van der Waals surface area contributed by atoms with Gasteiger partial charge < -0.3 is 9.30 Å². The maximum atomic E-state index is 5.39. The average molecular weight is 346 g/mol. The zero-order valence-electron chi connectivity index (χ0n) is 16.2. The molecule has 0 aliphatic heterocycles. The van der Waals surface area contributed by atoms with Crippen LogP contribution in [-0.4, -0.2) is 17.9 Å². The lowest BCUT2D eigenvalue weighted by molar-refractivity contribution is 0.416. The van der Waals surface area contributed by atoms with Crippen LogP contribution in [-0.2, 0) is 6.42 Å². The number of aliphatic imine (C=N–C) groups is 1. The average Bonchev–Trinajstić information content (AvgIpc) is 2.93. The molecule has 0 spiro atoms. The smallest absolute Gasteiger partial charge is 0.144 e. The summed E-state index contributed by atoms with van der Waals surface area (Å²) < 4.78 is 7.73. The van der Waals surface area contributed by atoms with Crippen LogP contribution in [0.3, 0.4) is 0 Å². The summed E-state index contributed by atoms with van der Waals surface area (Å²) in [7, 11) is 1.67. The van der Waals surface area contributed by atoms with Crippen LogP contribution >= 0.6 is 0 Å². The molecule has 3 nitrogen and oxygen atoms in total. The molecule has 0 amide bonds. The molecule has 1 aromatic heterocycles. The van der Waals surface area contributed by atoms with Crippen LogP contribution in [0.25, 0.3) is 5.69 Å². The number of hydrogen-bond donors (Lipinski definition) is 0. The molecule has 3 heteroatoms. The number of methoxy groups -OCH3 is 1. The Hall–Kier alpha value is -2.81. The highest BCUT2D eigenvalue weighted by atomic mass is 16.5. The lowest BCUT2D eigenvalue weighted by Crippen LogP contribution is -2.05. The van der Waals surface area contributed by atoms with Crippen LogP contribution in [0.1, 0.15) is 35.0 Å². The van der Waals surface area contributed by atoms with Crippen LogP contribution in [0, 0.1) is 20.8 Å². The van der Waals surface area contributed by atoms with Crippen molar-refractivity contribution >= 4 is 11.9 Å². The Kier molecular flexibility index (Phi) is 5.27. The van der Waals surface area contributed by atoms with E-state index >= 15 is 0 Å². The van der Waals surface area contributed by atoms with E-state index in [0.717, 1.165) is 23.4 Å². The van der Waals surface area contributed by atoms with E-state index in [-0.39, 0.29) is 0 Å². The lowest BCUT2D eigenvalue weighted by Gasteiger charge is -2.17. The molecule has 3 rings (SSSR count). The number of aryl methyl sites for hydroxylation is 3. The first kappa shape index (κ1) is 18.0. The van der Waals surface area contributed by atoms with Gasteiger partial charge in [0, 0.05) is 23.2 Å². The van der Waals surface area contributed by atoms with E-state index in [1.54, 1.807) is 7.11 Å². The van der Waals surface area contributed by atoms with Gasteiger partial charge in [-0.2, -0.15) is 0 Å². The molecule has 26 heavy (non-hydrogen) atoms. The Morgan fingerprint density at radius 2 is 1.81 bits per heavy atom. The molecule has 0 aliphatic rings. The van der Waals surface area contributed by atoms with Gasteiger partial charge in [-0.15, -0.1) is 0 Å². The maximum absolute atomic E-state index is 5.39. The summed E-state index contributed by atoms with van der Waals surface area (Å²) in [5.41, 5.74) is 8.32. The second-order valence-electron chi connectivity index (χ2n) is 6.53. The third-order valence-corrected chi connectivity index (χ3v) is 4.82. The van der Waals surface area contributed by atoms with Gasteiger partial charge in [-0.1, -0.05) is 37.3 Å². The molecule has 134 valence electrons. The summed E-state index contributed by atoms with van der Waals surface area (Å²) in [5.74, 6) is 0.782. The maximum Gasteiger partial charge on any atom is 0.144 e. The fourth-order valence-corrected chi connectivity index (χ4v) is 3.46. The summed E-state index contributed by atoms with van der Waals surface area (Å²) in [6, 6.07) is 16.5. The standard InChI is InChI=1S/C23H26N2O/c1-6-19-11-9-10-16(2)23(19)25-17(3)14-20(18(25)4)15-24-21-12-7-8-13-22(21)26-5/h7-15H,6H2,1-5H3. The SMILES string of the molecule is CCc1cccc(C)c1-n1c(C)cc(C=Nc2ccccc2OC)c1C. The van der Waals surface area contributed by atoms with E-state index in [9.17, 15) is 0 Å². The Balaban J connectivity index is 2.06. The number of benzene rings is 2. The van der Waals surface area contributed by atoms with Crippen LogP contribution in [0.2, 0.25) is 0 Å². The van der Waals surface area contributed by atoms with E-state index < -0.39 is 0 Å². The van der Waals surface area contributed by atoms with Crippen molar-refractivity contribution in [2.24, 2.45) is 4.99 Å². The monoisotopic (exact) mass is 346 g/mol. The fraction of sp³-hybridized carbons (Fsp3) is 0.261. The van der Waals surface area contributed by atoms with E-state index in [1.807, 2.05) is 30.5 Å². The molecule has 0 unspecified atom stereocenters. The molecule has 0 atom stereocenters. The predicted octanol–water partition coefficient (Wildman–Crippen LogP) is 5.72. The normalized spacial score (nSPS) is 11.3. The van der Waals surface area contributed by atoms with Crippen molar-refractivity contribution in [3.63, 3.8) is 0 Å². The first-order chi connectivity index (χ1) is 12.6.